The number of aliphatic imine (C=N–C) groups is 1. The SMILES string of the molecule is CN=C(NCc1ccnc(N(C)C)c1)NC(C)CCC(C)(C)C. The zero-order chi connectivity index (χ0) is 17.5. The first-order valence-corrected chi connectivity index (χ1v) is 8.30. The highest BCUT2D eigenvalue weighted by Crippen LogP contribution is 2.21. The molecule has 0 fully saturated rings. The lowest BCUT2D eigenvalue weighted by Gasteiger charge is -2.23. The van der Waals surface area contributed by atoms with Gasteiger partial charge < -0.3 is 15.5 Å². The smallest absolute Gasteiger partial charge is 0.191 e. The van der Waals surface area contributed by atoms with Crippen LogP contribution in [-0.4, -0.2) is 38.1 Å². The Balaban J connectivity index is 2.49. The molecule has 0 saturated carbocycles. The molecule has 1 atom stereocenters. The zero-order valence-corrected chi connectivity index (χ0v) is 15.8. The summed E-state index contributed by atoms with van der Waals surface area (Å²) >= 11 is 0. The molecule has 0 aliphatic rings. The van der Waals surface area contributed by atoms with Crippen LogP contribution in [-0.2, 0) is 6.54 Å². The van der Waals surface area contributed by atoms with Gasteiger partial charge in [0.15, 0.2) is 5.96 Å². The molecule has 1 heterocycles. The fraction of sp³-hybridized carbons (Fsp3) is 0.667. The molecule has 5 heteroatoms. The lowest BCUT2D eigenvalue weighted by atomic mass is 9.89. The number of guanidine groups is 1. The Hall–Kier alpha value is -1.78. The van der Waals surface area contributed by atoms with Crippen molar-refractivity contribution in [3.63, 3.8) is 0 Å². The molecule has 0 radical (unpaired) electrons. The van der Waals surface area contributed by atoms with Crippen molar-refractivity contribution in [3.05, 3.63) is 23.9 Å². The van der Waals surface area contributed by atoms with Crippen LogP contribution in [0.5, 0.6) is 0 Å². The third-order valence-corrected chi connectivity index (χ3v) is 3.66. The van der Waals surface area contributed by atoms with E-state index >= 15 is 0 Å². The number of anilines is 1. The summed E-state index contributed by atoms with van der Waals surface area (Å²) < 4.78 is 0. The van der Waals surface area contributed by atoms with Gasteiger partial charge in [0.05, 0.1) is 0 Å². The van der Waals surface area contributed by atoms with E-state index in [1.807, 2.05) is 38.3 Å². The van der Waals surface area contributed by atoms with Gasteiger partial charge in [-0.05, 0) is 42.9 Å². The summed E-state index contributed by atoms with van der Waals surface area (Å²) in [6.45, 7) is 9.76. The number of hydrogen-bond acceptors (Lipinski definition) is 3. The average molecular weight is 319 g/mol. The largest absolute Gasteiger partial charge is 0.363 e. The molecule has 0 aliphatic carbocycles. The highest BCUT2D eigenvalue weighted by molar-refractivity contribution is 5.79. The molecule has 0 saturated heterocycles. The van der Waals surface area contributed by atoms with Crippen LogP contribution in [0.4, 0.5) is 5.82 Å². The monoisotopic (exact) mass is 319 g/mol. The summed E-state index contributed by atoms with van der Waals surface area (Å²) in [5.41, 5.74) is 1.56. The molecule has 1 aromatic heterocycles. The van der Waals surface area contributed by atoms with Gasteiger partial charge in [0.1, 0.15) is 5.82 Å². The van der Waals surface area contributed by atoms with Crippen molar-refractivity contribution >= 4 is 11.8 Å². The third kappa shape index (κ3) is 7.86. The minimum Gasteiger partial charge on any atom is -0.363 e. The van der Waals surface area contributed by atoms with Crippen molar-refractivity contribution in [2.75, 3.05) is 26.0 Å². The molecule has 1 unspecified atom stereocenters. The number of rotatable bonds is 6. The fourth-order valence-electron chi connectivity index (χ4n) is 2.15. The van der Waals surface area contributed by atoms with E-state index in [1.54, 1.807) is 0 Å². The van der Waals surface area contributed by atoms with Crippen molar-refractivity contribution in [2.45, 2.75) is 53.1 Å². The van der Waals surface area contributed by atoms with Crippen molar-refractivity contribution in [1.82, 2.24) is 15.6 Å². The molecule has 0 amide bonds. The van der Waals surface area contributed by atoms with Crippen LogP contribution in [0.25, 0.3) is 0 Å². The van der Waals surface area contributed by atoms with Gasteiger partial charge in [-0.15, -0.1) is 0 Å². The summed E-state index contributed by atoms with van der Waals surface area (Å²) in [6.07, 6.45) is 4.16. The molecule has 0 aliphatic heterocycles. The minimum atomic E-state index is 0.368. The second-order valence-corrected chi connectivity index (χ2v) is 7.49. The third-order valence-electron chi connectivity index (χ3n) is 3.66. The first-order chi connectivity index (χ1) is 10.7. The van der Waals surface area contributed by atoms with Gasteiger partial charge >= 0.3 is 0 Å². The Bertz CT molecular complexity index is 502. The molecule has 2 N–H and O–H groups in total. The van der Waals surface area contributed by atoms with Crippen LogP contribution in [0.2, 0.25) is 0 Å². The van der Waals surface area contributed by atoms with E-state index in [4.69, 9.17) is 0 Å². The number of nitrogens with one attached hydrogen (secondary N) is 2. The predicted molar refractivity (Wildman–Crippen MR) is 100 cm³/mol. The standard InChI is InChI=1S/C18H33N5/c1-14(8-10-18(2,3)4)22-17(19-5)21-13-15-9-11-20-16(12-15)23(6)7/h9,11-12,14H,8,10,13H2,1-7H3,(H2,19,21,22). The van der Waals surface area contributed by atoms with Crippen molar-refractivity contribution in [2.24, 2.45) is 10.4 Å². The van der Waals surface area contributed by atoms with E-state index in [0.29, 0.717) is 11.5 Å². The van der Waals surface area contributed by atoms with Crippen LogP contribution in [0.15, 0.2) is 23.3 Å². The Morgan fingerprint density at radius 1 is 1.35 bits per heavy atom. The van der Waals surface area contributed by atoms with Crippen LogP contribution >= 0.6 is 0 Å². The molecule has 0 bridgehead atoms. The van der Waals surface area contributed by atoms with Gasteiger partial charge in [0.25, 0.3) is 0 Å². The summed E-state index contributed by atoms with van der Waals surface area (Å²) in [7, 11) is 5.80. The molecule has 1 rings (SSSR count). The van der Waals surface area contributed by atoms with Crippen LogP contribution < -0.4 is 15.5 Å². The van der Waals surface area contributed by atoms with Crippen molar-refractivity contribution in [3.8, 4) is 0 Å². The Labute approximate surface area is 141 Å². The first kappa shape index (κ1) is 19.3. The average Bonchev–Trinajstić information content (AvgIpc) is 2.49. The van der Waals surface area contributed by atoms with Gasteiger partial charge in [-0.1, -0.05) is 20.8 Å². The zero-order valence-electron chi connectivity index (χ0n) is 15.8. The molecule has 0 aromatic carbocycles. The molecule has 0 spiro atoms. The van der Waals surface area contributed by atoms with Crippen molar-refractivity contribution < 1.29 is 0 Å². The quantitative estimate of drug-likeness (QED) is 0.625. The fourth-order valence-corrected chi connectivity index (χ4v) is 2.15. The second kappa shape index (κ2) is 8.75. The molecule has 130 valence electrons. The first-order valence-electron chi connectivity index (χ1n) is 8.30. The van der Waals surface area contributed by atoms with E-state index in [2.05, 4.69) is 54.4 Å². The number of aromatic nitrogens is 1. The number of nitrogens with zero attached hydrogens (tertiary/aromatic N) is 3. The maximum absolute atomic E-state index is 4.33. The Kier molecular flexibility index (Phi) is 7.33. The van der Waals surface area contributed by atoms with Gasteiger partial charge in [0, 0.05) is 39.9 Å². The van der Waals surface area contributed by atoms with E-state index in [0.717, 1.165) is 24.7 Å². The van der Waals surface area contributed by atoms with Gasteiger partial charge in [0.2, 0.25) is 0 Å². The van der Waals surface area contributed by atoms with Crippen LogP contribution in [0, 0.1) is 5.41 Å². The summed E-state index contributed by atoms with van der Waals surface area (Å²) in [5.74, 6) is 1.81. The maximum atomic E-state index is 4.33. The summed E-state index contributed by atoms with van der Waals surface area (Å²) in [4.78, 5) is 10.7. The molecular formula is C18H33N5. The van der Waals surface area contributed by atoms with E-state index in [-0.39, 0.29) is 0 Å². The molecule has 5 nitrogen and oxygen atoms in total. The molecular weight excluding hydrogens is 286 g/mol. The highest BCUT2D eigenvalue weighted by Gasteiger charge is 2.13. The minimum absolute atomic E-state index is 0.368. The van der Waals surface area contributed by atoms with E-state index in [9.17, 15) is 0 Å². The van der Waals surface area contributed by atoms with Crippen LogP contribution in [0.1, 0.15) is 46.1 Å². The highest BCUT2D eigenvalue weighted by atomic mass is 15.2. The van der Waals surface area contributed by atoms with Crippen LogP contribution in [0.3, 0.4) is 0 Å². The Morgan fingerprint density at radius 2 is 2.04 bits per heavy atom. The Morgan fingerprint density at radius 3 is 2.61 bits per heavy atom. The molecule has 23 heavy (non-hydrogen) atoms. The topological polar surface area (TPSA) is 52.6 Å². The van der Waals surface area contributed by atoms with Gasteiger partial charge in [-0.2, -0.15) is 0 Å². The lowest BCUT2D eigenvalue weighted by molar-refractivity contribution is 0.346. The summed E-state index contributed by atoms with van der Waals surface area (Å²) in [5, 5.41) is 6.83. The van der Waals surface area contributed by atoms with Crippen molar-refractivity contribution in [1.29, 1.82) is 0 Å². The normalized spacial score (nSPS) is 13.6. The second-order valence-electron chi connectivity index (χ2n) is 7.49. The lowest BCUT2D eigenvalue weighted by Crippen LogP contribution is -2.42. The van der Waals surface area contributed by atoms with E-state index in [1.165, 1.54) is 12.0 Å². The van der Waals surface area contributed by atoms with Gasteiger partial charge in [-0.3, -0.25) is 4.99 Å². The van der Waals surface area contributed by atoms with Gasteiger partial charge in [-0.25, -0.2) is 4.98 Å². The number of hydrogen-bond donors (Lipinski definition) is 2. The maximum Gasteiger partial charge on any atom is 0.191 e. The van der Waals surface area contributed by atoms with E-state index < -0.39 is 0 Å². The summed E-state index contributed by atoms with van der Waals surface area (Å²) in [6, 6.07) is 4.51. The predicted octanol–water partition coefficient (Wildman–Crippen LogP) is 3.03. The molecule has 1 aromatic rings. The number of pyridine rings is 1.